The van der Waals surface area contributed by atoms with Crippen LogP contribution >= 0.6 is 0 Å². The molecule has 2 nitrogen and oxygen atoms in total. The lowest BCUT2D eigenvalue weighted by Crippen LogP contribution is -1.83. The van der Waals surface area contributed by atoms with Gasteiger partial charge in [0, 0.05) is 11.4 Å². The number of H-pyrrole nitrogens is 1. The minimum absolute atomic E-state index is 0.487. The molecule has 1 N–H and O–H groups in total. The first-order chi connectivity index (χ1) is 5.16. The van der Waals surface area contributed by atoms with Gasteiger partial charge in [0.2, 0.25) is 0 Å². The maximum absolute atomic E-state index is 8.47. The standard InChI is InChI=1S/C9H12N2/c1-6-7(2)9(4-5-10)11-8(6)3/h11H,4H2,1-3H3. The van der Waals surface area contributed by atoms with Crippen molar-refractivity contribution in [3.05, 3.63) is 22.5 Å². The van der Waals surface area contributed by atoms with Crippen LogP contribution in [-0.2, 0) is 6.42 Å². The van der Waals surface area contributed by atoms with Gasteiger partial charge in [-0.3, -0.25) is 0 Å². The second-order valence-corrected chi connectivity index (χ2v) is 2.81. The van der Waals surface area contributed by atoms with Gasteiger partial charge in [-0.2, -0.15) is 5.26 Å². The number of aromatic amines is 1. The highest BCUT2D eigenvalue weighted by Crippen LogP contribution is 2.15. The zero-order valence-electron chi connectivity index (χ0n) is 7.15. The summed E-state index contributed by atoms with van der Waals surface area (Å²) in [5, 5.41) is 8.47. The Balaban J connectivity index is 3.10. The molecule has 0 atom stereocenters. The fourth-order valence-electron chi connectivity index (χ4n) is 1.18. The Labute approximate surface area is 66.9 Å². The molecule has 0 bridgehead atoms. The SMILES string of the molecule is Cc1[nH]c(CC#N)c(C)c1C. The van der Waals surface area contributed by atoms with E-state index in [0.29, 0.717) is 6.42 Å². The van der Waals surface area contributed by atoms with Crippen LogP contribution in [0.2, 0.25) is 0 Å². The number of nitrogens with one attached hydrogen (secondary N) is 1. The molecular formula is C9H12N2. The molecule has 0 saturated heterocycles. The van der Waals surface area contributed by atoms with Gasteiger partial charge in [0.25, 0.3) is 0 Å². The highest BCUT2D eigenvalue weighted by Gasteiger charge is 2.05. The average Bonchev–Trinajstić information content (AvgIpc) is 2.19. The molecule has 0 amide bonds. The quantitative estimate of drug-likeness (QED) is 0.650. The highest BCUT2D eigenvalue weighted by atomic mass is 14.7. The molecule has 0 aliphatic heterocycles. The number of nitrogens with zero attached hydrogens (tertiary/aromatic N) is 1. The highest BCUT2D eigenvalue weighted by molar-refractivity contribution is 5.35. The molecule has 11 heavy (non-hydrogen) atoms. The van der Waals surface area contributed by atoms with Gasteiger partial charge in [0.1, 0.15) is 0 Å². The van der Waals surface area contributed by atoms with Crippen molar-refractivity contribution in [2.24, 2.45) is 0 Å². The van der Waals surface area contributed by atoms with Crippen LogP contribution in [0.3, 0.4) is 0 Å². The molecule has 2 heteroatoms. The number of hydrogen-bond donors (Lipinski definition) is 1. The number of rotatable bonds is 1. The third-order valence-corrected chi connectivity index (χ3v) is 2.17. The van der Waals surface area contributed by atoms with Gasteiger partial charge < -0.3 is 4.98 Å². The van der Waals surface area contributed by atoms with E-state index in [1.807, 2.05) is 13.8 Å². The molecule has 0 unspecified atom stereocenters. The van der Waals surface area contributed by atoms with E-state index < -0.39 is 0 Å². The molecule has 58 valence electrons. The van der Waals surface area contributed by atoms with Gasteiger partial charge in [-0.25, -0.2) is 0 Å². The normalized spacial score (nSPS) is 9.64. The van der Waals surface area contributed by atoms with Crippen LogP contribution in [0.4, 0.5) is 0 Å². The zero-order chi connectivity index (χ0) is 8.43. The van der Waals surface area contributed by atoms with Crippen LogP contribution in [0.25, 0.3) is 0 Å². The van der Waals surface area contributed by atoms with Gasteiger partial charge in [-0.15, -0.1) is 0 Å². The van der Waals surface area contributed by atoms with Crippen molar-refractivity contribution >= 4 is 0 Å². The van der Waals surface area contributed by atoms with E-state index in [0.717, 1.165) is 5.69 Å². The average molecular weight is 148 g/mol. The predicted octanol–water partition coefficient (Wildman–Crippen LogP) is 2.01. The van der Waals surface area contributed by atoms with Crippen molar-refractivity contribution in [3.63, 3.8) is 0 Å². The second kappa shape index (κ2) is 2.79. The fourth-order valence-corrected chi connectivity index (χ4v) is 1.18. The topological polar surface area (TPSA) is 39.6 Å². The third-order valence-electron chi connectivity index (χ3n) is 2.17. The van der Waals surface area contributed by atoms with Crippen LogP contribution in [0.15, 0.2) is 0 Å². The Morgan fingerprint density at radius 3 is 2.27 bits per heavy atom. The van der Waals surface area contributed by atoms with Crippen molar-refractivity contribution in [2.45, 2.75) is 27.2 Å². The van der Waals surface area contributed by atoms with E-state index in [2.05, 4.69) is 18.0 Å². The van der Waals surface area contributed by atoms with Gasteiger partial charge in [-0.1, -0.05) is 0 Å². The van der Waals surface area contributed by atoms with Crippen LogP contribution < -0.4 is 0 Å². The molecule has 0 aliphatic carbocycles. The van der Waals surface area contributed by atoms with Gasteiger partial charge in [-0.05, 0) is 31.9 Å². The molecule has 1 heterocycles. The minimum Gasteiger partial charge on any atom is -0.361 e. The van der Waals surface area contributed by atoms with Crippen molar-refractivity contribution < 1.29 is 0 Å². The Morgan fingerprint density at radius 1 is 1.27 bits per heavy atom. The van der Waals surface area contributed by atoms with Gasteiger partial charge in [0.15, 0.2) is 0 Å². The largest absolute Gasteiger partial charge is 0.361 e. The van der Waals surface area contributed by atoms with E-state index >= 15 is 0 Å². The summed E-state index contributed by atoms with van der Waals surface area (Å²) in [7, 11) is 0. The Kier molecular flexibility index (Phi) is 2.00. The van der Waals surface area contributed by atoms with E-state index in [1.54, 1.807) is 0 Å². The molecule has 0 spiro atoms. The summed E-state index contributed by atoms with van der Waals surface area (Å²) < 4.78 is 0. The molecular weight excluding hydrogens is 136 g/mol. The van der Waals surface area contributed by atoms with E-state index in [-0.39, 0.29) is 0 Å². The Hall–Kier alpha value is -1.23. The summed E-state index contributed by atoms with van der Waals surface area (Å²) in [5.74, 6) is 0. The zero-order valence-corrected chi connectivity index (χ0v) is 7.15. The van der Waals surface area contributed by atoms with E-state index in [4.69, 9.17) is 5.26 Å². The van der Waals surface area contributed by atoms with Crippen LogP contribution in [0.1, 0.15) is 22.5 Å². The summed E-state index contributed by atoms with van der Waals surface area (Å²) in [6.07, 6.45) is 0.487. The van der Waals surface area contributed by atoms with Gasteiger partial charge in [0.05, 0.1) is 12.5 Å². The summed E-state index contributed by atoms with van der Waals surface area (Å²) in [6.45, 7) is 6.15. The van der Waals surface area contributed by atoms with Crippen molar-refractivity contribution in [3.8, 4) is 6.07 Å². The molecule has 0 radical (unpaired) electrons. The smallest absolute Gasteiger partial charge is 0.0755 e. The molecule has 1 rings (SSSR count). The molecule has 0 aliphatic rings. The summed E-state index contributed by atoms with van der Waals surface area (Å²) in [5.41, 5.74) is 4.73. The maximum Gasteiger partial charge on any atom is 0.0755 e. The van der Waals surface area contributed by atoms with Crippen molar-refractivity contribution in [1.82, 2.24) is 4.98 Å². The molecule has 0 aromatic carbocycles. The van der Waals surface area contributed by atoms with Crippen LogP contribution in [-0.4, -0.2) is 4.98 Å². The lowest BCUT2D eigenvalue weighted by Gasteiger charge is -1.90. The summed E-state index contributed by atoms with van der Waals surface area (Å²) in [6, 6.07) is 2.13. The molecule has 1 aromatic rings. The van der Waals surface area contributed by atoms with Crippen molar-refractivity contribution in [1.29, 1.82) is 5.26 Å². The van der Waals surface area contributed by atoms with Crippen LogP contribution in [0, 0.1) is 32.1 Å². The minimum atomic E-state index is 0.487. The molecule has 0 fully saturated rings. The van der Waals surface area contributed by atoms with Crippen LogP contribution in [0.5, 0.6) is 0 Å². The molecule has 0 saturated carbocycles. The Morgan fingerprint density at radius 2 is 1.91 bits per heavy atom. The Bertz CT molecular complexity index is 302. The predicted molar refractivity (Wildman–Crippen MR) is 44.3 cm³/mol. The first-order valence-electron chi connectivity index (χ1n) is 3.68. The number of nitriles is 1. The van der Waals surface area contributed by atoms with E-state index in [1.165, 1.54) is 16.8 Å². The molecule has 1 aromatic heterocycles. The summed E-state index contributed by atoms with van der Waals surface area (Å²) >= 11 is 0. The lowest BCUT2D eigenvalue weighted by molar-refractivity contribution is 1.10. The van der Waals surface area contributed by atoms with Gasteiger partial charge >= 0.3 is 0 Å². The third kappa shape index (κ3) is 1.27. The summed E-state index contributed by atoms with van der Waals surface area (Å²) in [4.78, 5) is 3.19. The lowest BCUT2D eigenvalue weighted by atomic mass is 10.1. The maximum atomic E-state index is 8.47. The number of aryl methyl sites for hydroxylation is 1. The monoisotopic (exact) mass is 148 g/mol. The van der Waals surface area contributed by atoms with E-state index in [9.17, 15) is 0 Å². The first-order valence-corrected chi connectivity index (χ1v) is 3.68. The number of hydrogen-bond acceptors (Lipinski definition) is 1. The second-order valence-electron chi connectivity index (χ2n) is 2.81. The fraction of sp³-hybridized carbons (Fsp3) is 0.444. The first kappa shape index (κ1) is 7.87. The van der Waals surface area contributed by atoms with Crippen molar-refractivity contribution in [2.75, 3.05) is 0 Å². The number of aromatic nitrogens is 1.